The highest BCUT2D eigenvalue weighted by molar-refractivity contribution is 5.23. The lowest BCUT2D eigenvalue weighted by atomic mass is 10.1. The summed E-state index contributed by atoms with van der Waals surface area (Å²) in [7, 11) is 4.20. The van der Waals surface area contributed by atoms with E-state index in [1.54, 1.807) is 0 Å². The van der Waals surface area contributed by atoms with E-state index in [-0.39, 0.29) is 12.1 Å². The summed E-state index contributed by atoms with van der Waals surface area (Å²) >= 11 is 0. The fourth-order valence-corrected chi connectivity index (χ4v) is 2.60. The average molecular weight is 287 g/mol. The molecule has 0 bridgehead atoms. The Kier molecular flexibility index (Phi) is 4.01. The van der Waals surface area contributed by atoms with Crippen LogP contribution < -0.4 is 5.73 Å². The van der Waals surface area contributed by atoms with E-state index in [0.717, 1.165) is 25.2 Å². The van der Waals surface area contributed by atoms with Crippen LogP contribution in [-0.2, 0) is 0 Å². The van der Waals surface area contributed by atoms with Gasteiger partial charge in [0, 0.05) is 19.6 Å². The molecule has 2 N–H and O–H groups in total. The van der Waals surface area contributed by atoms with Gasteiger partial charge >= 0.3 is 0 Å². The van der Waals surface area contributed by atoms with Crippen molar-refractivity contribution in [2.24, 2.45) is 5.73 Å². The molecule has 3 rings (SSSR count). The van der Waals surface area contributed by atoms with Gasteiger partial charge in [0.25, 0.3) is 0 Å². The molecule has 21 heavy (non-hydrogen) atoms. The minimum absolute atomic E-state index is 0.157. The van der Waals surface area contributed by atoms with E-state index in [1.165, 1.54) is 0 Å². The lowest BCUT2D eigenvalue weighted by molar-refractivity contribution is 0.108. The van der Waals surface area contributed by atoms with Gasteiger partial charge in [-0.2, -0.15) is 4.98 Å². The summed E-state index contributed by atoms with van der Waals surface area (Å²) in [5.74, 6) is 1.18. The van der Waals surface area contributed by atoms with Crippen molar-refractivity contribution in [3.8, 4) is 0 Å². The van der Waals surface area contributed by atoms with Crippen LogP contribution in [0.5, 0.6) is 0 Å². The number of nitrogens with zero attached hydrogens (tertiary/aromatic N) is 4. The SMILES string of the molecule is CN1CCN(C)C(c2noc([C@@H](N)c3ccccc3)n2)C1. The fraction of sp³-hybridized carbons (Fsp3) is 0.467. The van der Waals surface area contributed by atoms with Crippen molar-refractivity contribution in [1.29, 1.82) is 0 Å². The predicted octanol–water partition coefficient (Wildman–Crippen LogP) is 1.04. The summed E-state index contributed by atoms with van der Waals surface area (Å²) < 4.78 is 5.39. The molecule has 1 fully saturated rings. The highest BCUT2D eigenvalue weighted by atomic mass is 16.5. The topological polar surface area (TPSA) is 71.4 Å². The third kappa shape index (κ3) is 2.97. The Labute approximate surface area is 124 Å². The third-order valence-electron chi connectivity index (χ3n) is 4.03. The zero-order chi connectivity index (χ0) is 14.8. The van der Waals surface area contributed by atoms with Crippen molar-refractivity contribution in [2.45, 2.75) is 12.1 Å². The van der Waals surface area contributed by atoms with Crippen molar-refractivity contribution in [2.75, 3.05) is 33.7 Å². The second kappa shape index (κ2) is 5.93. The number of hydrogen-bond donors (Lipinski definition) is 1. The molecular formula is C15H21N5O. The fourth-order valence-electron chi connectivity index (χ4n) is 2.60. The summed E-state index contributed by atoms with van der Waals surface area (Å²) in [4.78, 5) is 9.05. The molecule has 112 valence electrons. The van der Waals surface area contributed by atoms with Gasteiger partial charge in [0.1, 0.15) is 6.04 Å². The Morgan fingerprint density at radius 2 is 2.00 bits per heavy atom. The van der Waals surface area contributed by atoms with Gasteiger partial charge < -0.3 is 15.2 Å². The van der Waals surface area contributed by atoms with Crippen LogP contribution in [0.2, 0.25) is 0 Å². The van der Waals surface area contributed by atoms with Crippen LogP contribution in [-0.4, -0.2) is 53.7 Å². The van der Waals surface area contributed by atoms with Crippen LogP contribution in [0.25, 0.3) is 0 Å². The molecule has 2 heterocycles. The molecule has 1 aliphatic rings. The van der Waals surface area contributed by atoms with Crippen molar-refractivity contribution in [3.63, 3.8) is 0 Å². The lowest BCUT2D eigenvalue weighted by Gasteiger charge is -2.35. The Morgan fingerprint density at radius 3 is 2.76 bits per heavy atom. The first kappa shape index (κ1) is 14.2. The molecular weight excluding hydrogens is 266 g/mol. The van der Waals surface area contributed by atoms with Crippen LogP contribution >= 0.6 is 0 Å². The van der Waals surface area contributed by atoms with Crippen molar-refractivity contribution < 1.29 is 4.52 Å². The molecule has 1 aliphatic heterocycles. The van der Waals surface area contributed by atoms with E-state index in [9.17, 15) is 0 Å². The number of rotatable bonds is 3. The molecule has 1 aromatic carbocycles. The number of piperazine rings is 1. The largest absolute Gasteiger partial charge is 0.337 e. The maximum atomic E-state index is 6.20. The van der Waals surface area contributed by atoms with Crippen LogP contribution in [0.4, 0.5) is 0 Å². The normalized spacial score (nSPS) is 22.3. The highest BCUT2D eigenvalue weighted by Gasteiger charge is 2.29. The molecule has 0 saturated carbocycles. The van der Waals surface area contributed by atoms with E-state index in [2.05, 4.69) is 34.0 Å². The number of aromatic nitrogens is 2. The minimum Gasteiger partial charge on any atom is -0.337 e. The Balaban J connectivity index is 1.80. The molecule has 1 unspecified atom stereocenters. The van der Waals surface area contributed by atoms with Gasteiger partial charge in [-0.3, -0.25) is 4.90 Å². The maximum Gasteiger partial charge on any atom is 0.248 e. The summed E-state index contributed by atoms with van der Waals surface area (Å²) in [5.41, 5.74) is 7.17. The Morgan fingerprint density at radius 1 is 1.24 bits per heavy atom. The first-order valence-electron chi connectivity index (χ1n) is 7.18. The molecule has 2 aromatic rings. The molecule has 6 heteroatoms. The second-order valence-corrected chi connectivity index (χ2v) is 5.64. The van der Waals surface area contributed by atoms with Gasteiger partial charge in [0.05, 0.1) is 6.04 Å². The van der Waals surface area contributed by atoms with Gasteiger partial charge in [0.15, 0.2) is 5.82 Å². The summed E-state index contributed by atoms with van der Waals surface area (Å²) in [6.45, 7) is 2.95. The number of benzene rings is 1. The van der Waals surface area contributed by atoms with Crippen LogP contribution in [0.15, 0.2) is 34.9 Å². The van der Waals surface area contributed by atoms with E-state index in [1.807, 2.05) is 30.3 Å². The molecule has 0 spiro atoms. The summed E-state index contributed by atoms with van der Waals surface area (Å²) in [5, 5.41) is 4.14. The van der Waals surface area contributed by atoms with Crippen LogP contribution in [0, 0.1) is 0 Å². The van der Waals surface area contributed by atoms with Crippen molar-refractivity contribution in [1.82, 2.24) is 19.9 Å². The van der Waals surface area contributed by atoms with Crippen LogP contribution in [0.1, 0.15) is 29.4 Å². The third-order valence-corrected chi connectivity index (χ3v) is 4.03. The quantitative estimate of drug-likeness (QED) is 0.909. The summed E-state index contributed by atoms with van der Waals surface area (Å²) in [6, 6.07) is 9.59. The van der Waals surface area contributed by atoms with Crippen molar-refractivity contribution in [3.05, 3.63) is 47.6 Å². The van der Waals surface area contributed by atoms with Gasteiger partial charge in [-0.25, -0.2) is 0 Å². The Hall–Kier alpha value is -1.76. The van der Waals surface area contributed by atoms with E-state index in [4.69, 9.17) is 10.3 Å². The number of hydrogen-bond acceptors (Lipinski definition) is 6. The monoisotopic (exact) mass is 287 g/mol. The first-order valence-corrected chi connectivity index (χ1v) is 7.18. The van der Waals surface area contributed by atoms with Gasteiger partial charge in [-0.1, -0.05) is 35.5 Å². The first-order chi connectivity index (χ1) is 10.1. The molecule has 6 nitrogen and oxygen atoms in total. The Bertz CT molecular complexity index is 585. The van der Waals surface area contributed by atoms with Gasteiger partial charge in [-0.05, 0) is 19.7 Å². The van der Waals surface area contributed by atoms with E-state index < -0.39 is 0 Å². The highest BCUT2D eigenvalue weighted by Crippen LogP contribution is 2.23. The smallest absolute Gasteiger partial charge is 0.248 e. The predicted molar refractivity (Wildman–Crippen MR) is 79.6 cm³/mol. The molecule has 0 radical (unpaired) electrons. The zero-order valence-corrected chi connectivity index (χ0v) is 12.4. The summed E-state index contributed by atoms with van der Waals surface area (Å²) in [6.07, 6.45) is 0. The molecule has 1 saturated heterocycles. The zero-order valence-electron chi connectivity index (χ0n) is 12.4. The van der Waals surface area contributed by atoms with Gasteiger partial charge in [-0.15, -0.1) is 0 Å². The maximum absolute atomic E-state index is 6.20. The lowest BCUT2D eigenvalue weighted by Crippen LogP contribution is -2.45. The van der Waals surface area contributed by atoms with E-state index in [0.29, 0.717) is 11.7 Å². The molecule has 1 aromatic heterocycles. The average Bonchev–Trinajstić information content (AvgIpc) is 2.99. The number of likely N-dealkylation sites (N-methyl/N-ethyl adjacent to an activating group) is 2. The van der Waals surface area contributed by atoms with Crippen molar-refractivity contribution >= 4 is 0 Å². The van der Waals surface area contributed by atoms with Gasteiger partial charge in [0.2, 0.25) is 5.89 Å². The standard InChI is InChI=1S/C15H21N5O/c1-19-8-9-20(2)12(10-19)14-17-15(21-18-14)13(16)11-6-4-3-5-7-11/h3-7,12-13H,8-10,16H2,1-2H3/t12?,13-/m0/s1. The van der Waals surface area contributed by atoms with Crippen LogP contribution in [0.3, 0.4) is 0 Å². The molecule has 0 aliphatic carbocycles. The number of nitrogens with two attached hydrogens (primary N) is 1. The van der Waals surface area contributed by atoms with E-state index >= 15 is 0 Å². The minimum atomic E-state index is -0.376. The second-order valence-electron chi connectivity index (χ2n) is 5.64. The molecule has 0 amide bonds. The molecule has 2 atom stereocenters.